The van der Waals surface area contributed by atoms with Crippen LogP contribution in [0.1, 0.15) is 11.1 Å². The molecule has 0 atom stereocenters. The van der Waals surface area contributed by atoms with Crippen molar-refractivity contribution in [3.63, 3.8) is 0 Å². The number of benzene rings is 2. The number of rotatable bonds is 2. The Labute approximate surface area is 120 Å². The van der Waals surface area contributed by atoms with E-state index in [1.54, 1.807) is 6.07 Å². The van der Waals surface area contributed by atoms with Crippen LogP contribution in [-0.4, -0.2) is 6.54 Å². The molecule has 19 heavy (non-hydrogen) atoms. The molecular weight excluding hydrogens is 307 g/mol. The van der Waals surface area contributed by atoms with Crippen LogP contribution in [0.4, 0.5) is 15.8 Å². The van der Waals surface area contributed by atoms with Crippen molar-refractivity contribution in [2.24, 2.45) is 0 Å². The lowest BCUT2D eigenvalue weighted by Gasteiger charge is -2.20. The Bertz CT molecular complexity index is 628. The second-order valence-corrected chi connectivity index (χ2v) is 5.56. The lowest BCUT2D eigenvalue weighted by atomic mass is 10.1. The van der Waals surface area contributed by atoms with Gasteiger partial charge in [-0.3, -0.25) is 0 Å². The zero-order valence-corrected chi connectivity index (χ0v) is 12.0. The molecule has 0 amide bonds. The summed E-state index contributed by atoms with van der Waals surface area (Å²) in [7, 11) is 0. The van der Waals surface area contributed by atoms with Crippen molar-refractivity contribution in [2.45, 2.75) is 13.0 Å². The number of hydrogen-bond acceptors (Lipinski definition) is 2. The Morgan fingerprint density at radius 1 is 1.26 bits per heavy atom. The summed E-state index contributed by atoms with van der Waals surface area (Å²) in [5, 5.41) is 0. The molecule has 0 saturated heterocycles. The van der Waals surface area contributed by atoms with Crippen molar-refractivity contribution in [3.8, 4) is 0 Å². The fourth-order valence-electron chi connectivity index (χ4n) is 2.51. The molecule has 1 aliphatic rings. The molecular formula is C15H14BrFN2. The molecule has 1 heterocycles. The maximum Gasteiger partial charge on any atom is 0.125 e. The summed E-state index contributed by atoms with van der Waals surface area (Å²) in [5.41, 5.74) is 9.95. The standard InChI is InChI=1S/C15H14BrFN2/c16-15-11(2-1-3-13(15)18)9-19-7-6-10-4-5-12(17)8-14(10)19/h1-5,8H,6-7,9,18H2. The van der Waals surface area contributed by atoms with Gasteiger partial charge < -0.3 is 10.6 Å². The summed E-state index contributed by atoms with van der Waals surface area (Å²) in [5.74, 6) is -0.183. The van der Waals surface area contributed by atoms with Gasteiger partial charge in [0.15, 0.2) is 0 Å². The molecule has 3 rings (SSSR count). The second-order valence-electron chi connectivity index (χ2n) is 4.76. The minimum Gasteiger partial charge on any atom is -0.398 e. The van der Waals surface area contributed by atoms with Crippen LogP contribution in [0, 0.1) is 5.82 Å². The van der Waals surface area contributed by atoms with Crippen molar-refractivity contribution in [1.82, 2.24) is 0 Å². The van der Waals surface area contributed by atoms with Crippen LogP contribution in [0.15, 0.2) is 40.9 Å². The molecule has 0 aliphatic carbocycles. The largest absolute Gasteiger partial charge is 0.398 e. The van der Waals surface area contributed by atoms with Gasteiger partial charge in [-0.05, 0) is 51.7 Å². The van der Waals surface area contributed by atoms with Crippen molar-refractivity contribution < 1.29 is 4.39 Å². The smallest absolute Gasteiger partial charge is 0.125 e. The lowest BCUT2D eigenvalue weighted by Crippen LogP contribution is -2.20. The SMILES string of the molecule is Nc1cccc(CN2CCc3ccc(F)cc32)c1Br. The first-order valence-electron chi connectivity index (χ1n) is 6.21. The van der Waals surface area contributed by atoms with Crippen LogP contribution < -0.4 is 10.6 Å². The van der Waals surface area contributed by atoms with Gasteiger partial charge in [0.2, 0.25) is 0 Å². The van der Waals surface area contributed by atoms with Gasteiger partial charge in [-0.15, -0.1) is 0 Å². The second kappa shape index (κ2) is 4.85. The summed E-state index contributed by atoms with van der Waals surface area (Å²) >= 11 is 3.52. The summed E-state index contributed by atoms with van der Waals surface area (Å²) in [4.78, 5) is 2.19. The van der Waals surface area contributed by atoms with Gasteiger partial charge in [0.1, 0.15) is 5.82 Å². The zero-order chi connectivity index (χ0) is 13.4. The fraction of sp³-hybridized carbons (Fsp3) is 0.200. The van der Waals surface area contributed by atoms with Crippen LogP contribution in [0.25, 0.3) is 0 Å². The molecule has 0 saturated carbocycles. The number of nitrogen functional groups attached to an aromatic ring is 1. The molecule has 2 aromatic rings. The van der Waals surface area contributed by atoms with E-state index in [0.29, 0.717) is 0 Å². The maximum atomic E-state index is 13.4. The Morgan fingerprint density at radius 2 is 2.11 bits per heavy atom. The van der Waals surface area contributed by atoms with Crippen LogP contribution >= 0.6 is 15.9 Å². The first-order valence-corrected chi connectivity index (χ1v) is 7.00. The van der Waals surface area contributed by atoms with E-state index in [4.69, 9.17) is 5.73 Å². The van der Waals surface area contributed by atoms with E-state index < -0.39 is 0 Å². The maximum absolute atomic E-state index is 13.4. The molecule has 0 unspecified atom stereocenters. The van der Waals surface area contributed by atoms with E-state index in [1.165, 1.54) is 11.6 Å². The minimum atomic E-state index is -0.183. The predicted molar refractivity (Wildman–Crippen MR) is 79.7 cm³/mol. The molecule has 98 valence electrons. The van der Waals surface area contributed by atoms with Gasteiger partial charge in [-0.25, -0.2) is 4.39 Å². The highest BCUT2D eigenvalue weighted by atomic mass is 79.9. The van der Waals surface area contributed by atoms with E-state index in [9.17, 15) is 4.39 Å². The number of hydrogen-bond donors (Lipinski definition) is 1. The Balaban J connectivity index is 1.90. The molecule has 1 aliphatic heterocycles. The summed E-state index contributed by atoms with van der Waals surface area (Å²) in [6.07, 6.45) is 0.968. The lowest BCUT2D eigenvalue weighted by molar-refractivity contribution is 0.627. The molecule has 2 nitrogen and oxygen atoms in total. The normalized spacial score (nSPS) is 13.7. The molecule has 0 bridgehead atoms. The first-order chi connectivity index (χ1) is 9.15. The Kier molecular flexibility index (Phi) is 3.19. The third-order valence-corrected chi connectivity index (χ3v) is 4.48. The third-order valence-electron chi connectivity index (χ3n) is 3.51. The van der Waals surface area contributed by atoms with Crippen molar-refractivity contribution in [1.29, 1.82) is 0 Å². The molecule has 0 radical (unpaired) electrons. The highest BCUT2D eigenvalue weighted by molar-refractivity contribution is 9.10. The number of fused-ring (bicyclic) bond motifs is 1. The minimum absolute atomic E-state index is 0.183. The number of nitrogens with two attached hydrogens (primary N) is 1. The average molecular weight is 321 g/mol. The number of halogens is 2. The van der Waals surface area contributed by atoms with E-state index in [-0.39, 0.29) is 5.82 Å². The van der Waals surface area contributed by atoms with Crippen molar-refractivity contribution in [3.05, 3.63) is 57.8 Å². The molecule has 0 spiro atoms. The predicted octanol–water partition coefficient (Wildman–Crippen LogP) is 3.73. The quantitative estimate of drug-likeness (QED) is 0.854. The molecule has 0 fully saturated rings. The van der Waals surface area contributed by atoms with Crippen LogP contribution in [0.3, 0.4) is 0 Å². The van der Waals surface area contributed by atoms with E-state index in [0.717, 1.165) is 40.9 Å². The third kappa shape index (κ3) is 2.32. The monoisotopic (exact) mass is 320 g/mol. The van der Waals surface area contributed by atoms with Crippen LogP contribution in [0.5, 0.6) is 0 Å². The van der Waals surface area contributed by atoms with E-state index in [2.05, 4.69) is 20.8 Å². The highest BCUT2D eigenvalue weighted by Crippen LogP contribution is 2.32. The van der Waals surface area contributed by atoms with Gasteiger partial charge in [0.25, 0.3) is 0 Å². The topological polar surface area (TPSA) is 29.3 Å². The average Bonchev–Trinajstić information content (AvgIpc) is 2.78. The summed E-state index contributed by atoms with van der Waals surface area (Å²) in [6, 6.07) is 10.9. The summed E-state index contributed by atoms with van der Waals surface area (Å²) in [6.45, 7) is 1.65. The van der Waals surface area contributed by atoms with E-state index in [1.807, 2.05) is 24.3 Å². The van der Waals surface area contributed by atoms with E-state index >= 15 is 0 Å². The molecule has 2 N–H and O–H groups in total. The van der Waals surface area contributed by atoms with Crippen molar-refractivity contribution in [2.75, 3.05) is 17.2 Å². The van der Waals surface area contributed by atoms with Gasteiger partial charge in [-0.2, -0.15) is 0 Å². The first kappa shape index (κ1) is 12.5. The van der Waals surface area contributed by atoms with Gasteiger partial charge in [-0.1, -0.05) is 18.2 Å². The molecule has 2 aromatic carbocycles. The van der Waals surface area contributed by atoms with Crippen LogP contribution in [-0.2, 0) is 13.0 Å². The molecule has 4 heteroatoms. The van der Waals surface area contributed by atoms with Crippen LogP contribution in [0.2, 0.25) is 0 Å². The van der Waals surface area contributed by atoms with Gasteiger partial charge in [0.05, 0.1) is 0 Å². The van der Waals surface area contributed by atoms with Gasteiger partial charge >= 0.3 is 0 Å². The van der Waals surface area contributed by atoms with Gasteiger partial charge in [0, 0.05) is 28.9 Å². The van der Waals surface area contributed by atoms with Crippen molar-refractivity contribution >= 4 is 27.3 Å². The fourth-order valence-corrected chi connectivity index (χ4v) is 2.90. The molecule has 0 aromatic heterocycles. The Hall–Kier alpha value is -1.55. The highest BCUT2D eigenvalue weighted by Gasteiger charge is 2.20. The Morgan fingerprint density at radius 3 is 2.95 bits per heavy atom. The number of anilines is 2. The zero-order valence-electron chi connectivity index (χ0n) is 10.4. The number of nitrogens with zero attached hydrogens (tertiary/aromatic N) is 1. The summed E-state index contributed by atoms with van der Waals surface area (Å²) < 4.78 is 14.3.